The van der Waals surface area contributed by atoms with Crippen molar-refractivity contribution in [3.63, 3.8) is 0 Å². The summed E-state index contributed by atoms with van der Waals surface area (Å²) in [4.78, 5) is 30.8. The van der Waals surface area contributed by atoms with Gasteiger partial charge in [-0.05, 0) is 35.2 Å². The molecule has 0 atom stereocenters. The van der Waals surface area contributed by atoms with Crippen molar-refractivity contribution in [2.45, 2.75) is 0 Å². The summed E-state index contributed by atoms with van der Waals surface area (Å²) in [5.41, 5.74) is 1.30. The van der Waals surface area contributed by atoms with Crippen LogP contribution in [0.4, 0.5) is 0 Å². The van der Waals surface area contributed by atoms with E-state index >= 15 is 0 Å². The van der Waals surface area contributed by atoms with Gasteiger partial charge in [-0.3, -0.25) is 19.4 Å². The second-order valence-corrected chi connectivity index (χ2v) is 9.01. The summed E-state index contributed by atoms with van der Waals surface area (Å²) in [5.74, 6) is 0.714. The minimum atomic E-state index is -0.524. The van der Waals surface area contributed by atoms with Crippen LogP contribution in [-0.2, 0) is 4.74 Å². The standard InChI is InChI=1S/C27H26N2O8/c1-33-19-12-16-17(13-20(19)34-2)25(30)24-23(22(16)15-3-4-18-21(11-15)37-14-36-18)26(31)29(27(24)32)6-5-28-7-9-35-10-8-28/h3-4,11-13,30H,5-10,14H2,1-2H3. The highest BCUT2D eigenvalue weighted by Gasteiger charge is 2.42. The van der Waals surface area contributed by atoms with Crippen molar-refractivity contribution in [2.24, 2.45) is 0 Å². The molecule has 37 heavy (non-hydrogen) atoms. The molecule has 2 amide bonds. The van der Waals surface area contributed by atoms with Crippen LogP contribution in [0.3, 0.4) is 0 Å². The number of hydrogen-bond acceptors (Lipinski definition) is 9. The number of methoxy groups -OCH3 is 2. The summed E-state index contributed by atoms with van der Waals surface area (Å²) >= 11 is 0. The highest BCUT2D eigenvalue weighted by Crippen LogP contribution is 2.49. The van der Waals surface area contributed by atoms with Crippen LogP contribution < -0.4 is 18.9 Å². The molecule has 0 saturated carbocycles. The number of hydrogen-bond donors (Lipinski definition) is 1. The molecule has 6 rings (SSSR count). The van der Waals surface area contributed by atoms with Gasteiger partial charge in [0, 0.05) is 37.1 Å². The first-order valence-electron chi connectivity index (χ1n) is 12.0. The molecule has 1 saturated heterocycles. The maximum absolute atomic E-state index is 13.8. The number of nitrogens with zero attached hydrogens (tertiary/aromatic N) is 2. The zero-order valence-corrected chi connectivity index (χ0v) is 20.5. The Morgan fingerprint density at radius 3 is 2.24 bits per heavy atom. The number of carbonyl (C=O) groups excluding carboxylic acids is 2. The maximum atomic E-state index is 13.8. The van der Waals surface area contributed by atoms with E-state index in [0.29, 0.717) is 64.7 Å². The van der Waals surface area contributed by atoms with E-state index < -0.39 is 11.8 Å². The molecule has 0 aromatic heterocycles. The smallest absolute Gasteiger partial charge is 0.265 e. The number of imide groups is 1. The number of aromatic hydroxyl groups is 1. The number of phenolic OH excluding ortho intramolecular Hbond substituents is 1. The predicted molar refractivity (Wildman–Crippen MR) is 133 cm³/mol. The molecule has 0 aliphatic carbocycles. The largest absolute Gasteiger partial charge is 0.506 e. The van der Waals surface area contributed by atoms with Gasteiger partial charge >= 0.3 is 0 Å². The summed E-state index contributed by atoms with van der Waals surface area (Å²) in [5, 5.41) is 12.3. The number of rotatable bonds is 6. The van der Waals surface area contributed by atoms with Crippen molar-refractivity contribution in [1.29, 1.82) is 0 Å². The van der Waals surface area contributed by atoms with Gasteiger partial charge in [-0.2, -0.15) is 0 Å². The summed E-state index contributed by atoms with van der Waals surface area (Å²) in [6.07, 6.45) is 0. The van der Waals surface area contributed by atoms with Crippen LogP contribution in [-0.4, -0.2) is 87.1 Å². The third kappa shape index (κ3) is 3.71. The van der Waals surface area contributed by atoms with Gasteiger partial charge in [0.25, 0.3) is 11.8 Å². The van der Waals surface area contributed by atoms with E-state index in [1.165, 1.54) is 19.1 Å². The highest BCUT2D eigenvalue weighted by molar-refractivity contribution is 6.29. The van der Waals surface area contributed by atoms with E-state index in [1.807, 2.05) is 6.07 Å². The Labute approximate surface area is 212 Å². The molecule has 3 aliphatic heterocycles. The number of amides is 2. The fraction of sp³-hybridized carbons (Fsp3) is 0.333. The predicted octanol–water partition coefficient (Wildman–Crippen LogP) is 2.89. The normalized spacial score (nSPS) is 17.0. The van der Waals surface area contributed by atoms with Gasteiger partial charge in [-0.15, -0.1) is 0 Å². The molecular formula is C27H26N2O8. The van der Waals surface area contributed by atoms with Crippen LogP contribution >= 0.6 is 0 Å². The lowest BCUT2D eigenvalue weighted by atomic mass is 9.89. The van der Waals surface area contributed by atoms with Crippen LogP contribution in [0.2, 0.25) is 0 Å². The molecule has 0 bridgehead atoms. The van der Waals surface area contributed by atoms with Crippen molar-refractivity contribution in [3.8, 4) is 39.9 Å². The topological polar surface area (TPSA) is 107 Å². The molecule has 0 radical (unpaired) electrons. The van der Waals surface area contributed by atoms with Crippen LogP contribution in [0.5, 0.6) is 28.7 Å². The minimum Gasteiger partial charge on any atom is -0.506 e. The van der Waals surface area contributed by atoms with E-state index in [9.17, 15) is 14.7 Å². The van der Waals surface area contributed by atoms with Crippen LogP contribution in [0, 0.1) is 0 Å². The molecular weight excluding hydrogens is 480 g/mol. The Morgan fingerprint density at radius 2 is 1.51 bits per heavy atom. The molecule has 3 heterocycles. The Hall–Kier alpha value is -4.02. The van der Waals surface area contributed by atoms with Crippen LogP contribution in [0.15, 0.2) is 30.3 Å². The fourth-order valence-electron chi connectivity index (χ4n) is 5.20. The average Bonchev–Trinajstić information content (AvgIpc) is 3.49. The molecule has 3 aromatic carbocycles. The van der Waals surface area contributed by atoms with E-state index in [1.54, 1.807) is 24.3 Å². The zero-order valence-electron chi connectivity index (χ0n) is 20.5. The number of phenols is 1. The molecule has 3 aromatic rings. The molecule has 10 heteroatoms. The van der Waals surface area contributed by atoms with E-state index in [-0.39, 0.29) is 30.2 Å². The lowest BCUT2D eigenvalue weighted by Gasteiger charge is -2.28. The molecule has 1 fully saturated rings. The van der Waals surface area contributed by atoms with E-state index in [0.717, 1.165) is 13.1 Å². The van der Waals surface area contributed by atoms with Gasteiger partial charge in [0.05, 0.1) is 38.6 Å². The number of ether oxygens (including phenoxy) is 5. The van der Waals surface area contributed by atoms with Crippen molar-refractivity contribution in [2.75, 3.05) is 60.4 Å². The second-order valence-electron chi connectivity index (χ2n) is 9.01. The van der Waals surface area contributed by atoms with E-state index in [4.69, 9.17) is 23.7 Å². The van der Waals surface area contributed by atoms with Crippen molar-refractivity contribution in [1.82, 2.24) is 9.80 Å². The Morgan fingerprint density at radius 1 is 0.838 bits per heavy atom. The zero-order chi connectivity index (χ0) is 25.7. The third-order valence-electron chi connectivity index (χ3n) is 7.11. The van der Waals surface area contributed by atoms with E-state index in [2.05, 4.69) is 4.90 Å². The van der Waals surface area contributed by atoms with Gasteiger partial charge in [0.2, 0.25) is 6.79 Å². The maximum Gasteiger partial charge on any atom is 0.265 e. The van der Waals surface area contributed by atoms with Crippen molar-refractivity contribution >= 4 is 22.6 Å². The molecule has 192 valence electrons. The SMILES string of the molecule is COc1cc2c(O)c3c(c(-c4ccc5c(c4)OCO5)c2cc1OC)C(=O)N(CCN1CCOCC1)C3=O. The Kier molecular flexibility index (Phi) is 5.77. The summed E-state index contributed by atoms with van der Waals surface area (Å²) in [7, 11) is 3.01. The minimum absolute atomic E-state index is 0.0145. The molecule has 0 unspecified atom stereocenters. The quantitative estimate of drug-likeness (QED) is 0.505. The average molecular weight is 507 g/mol. The Bertz CT molecular complexity index is 1430. The second kappa shape index (κ2) is 9.13. The highest BCUT2D eigenvalue weighted by atomic mass is 16.7. The fourth-order valence-corrected chi connectivity index (χ4v) is 5.20. The number of fused-ring (bicyclic) bond motifs is 3. The van der Waals surface area contributed by atoms with Crippen molar-refractivity contribution in [3.05, 3.63) is 41.5 Å². The van der Waals surface area contributed by atoms with Gasteiger partial charge < -0.3 is 28.8 Å². The molecule has 3 aliphatic rings. The molecule has 10 nitrogen and oxygen atoms in total. The number of morpholine rings is 1. The first-order chi connectivity index (χ1) is 18.0. The first-order valence-corrected chi connectivity index (χ1v) is 12.0. The van der Waals surface area contributed by atoms with Gasteiger partial charge in [0.15, 0.2) is 23.0 Å². The third-order valence-corrected chi connectivity index (χ3v) is 7.11. The monoisotopic (exact) mass is 506 g/mol. The van der Waals surface area contributed by atoms with Gasteiger partial charge in [-0.25, -0.2) is 0 Å². The van der Waals surface area contributed by atoms with Gasteiger partial charge in [0.1, 0.15) is 5.75 Å². The van der Waals surface area contributed by atoms with Crippen LogP contribution in [0.1, 0.15) is 20.7 Å². The number of benzene rings is 3. The summed E-state index contributed by atoms with van der Waals surface area (Å²) in [6.45, 7) is 3.54. The molecule has 1 N–H and O–H groups in total. The lowest BCUT2D eigenvalue weighted by Crippen LogP contribution is -2.43. The number of carbonyl (C=O) groups is 2. The lowest BCUT2D eigenvalue weighted by molar-refractivity contribution is 0.0325. The summed E-state index contributed by atoms with van der Waals surface area (Å²) < 4.78 is 27.4. The first kappa shape index (κ1) is 23.4. The van der Waals surface area contributed by atoms with Gasteiger partial charge in [-0.1, -0.05) is 6.07 Å². The molecule has 0 spiro atoms. The summed E-state index contributed by atoms with van der Waals surface area (Å²) in [6, 6.07) is 8.68. The Balaban J connectivity index is 1.54. The van der Waals surface area contributed by atoms with Crippen LogP contribution in [0.25, 0.3) is 21.9 Å². The van der Waals surface area contributed by atoms with Crippen molar-refractivity contribution < 1.29 is 38.4 Å².